The third kappa shape index (κ3) is 7.67. The standard InChI is InChI=1S/C50H53NO14/c1-27-33-25-50(60)43(64-45(58)31-19-10-7-11-20-31)41-48(5,42(56)40(62-28(2)52)37(27)47(50,3)4)34(53)24-35-49(41,26-61-35)65-36(54)22-13-12-15-29-16-14-21-32(23-29)38(39(55)46(59)63-33)51-44(57)30-17-8-6-9-18-30/h6-12,14-21,23,33-35,38-41,43,53,55,60H,13,22,24-26H2,1-5H3,(H,51,57)/t33-,34-,35+,38-,39+,40+,41-,43-,48+,49-,50+/m0/s1. The summed E-state index contributed by atoms with van der Waals surface area (Å²) in [6.07, 6.45) is -7.16. The van der Waals surface area contributed by atoms with Gasteiger partial charge in [-0.25, -0.2) is 9.59 Å². The van der Waals surface area contributed by atoms with Crippen LogP contribution in [-0.2, 0) is 42.9 Å². The molecule has 3 aromatic rings. The van der Waals surface area contributed by atoms with E-state index in [-0.39, 0.29) is 48.1 Å². The highest BCUT2D eigenvalue weighted by Gasteiger charge is 2.78. The molecule has 3 aromatic carbocycles. The molecule has 15 nitrogen and oxygen atoms in total. The first-order valence-corrected chi connectivity index (χ1v) is 21.8. The number of ether oxygens (including phenoxy) is 5. The predicted molar refractivity (Wildman–Crippen MR) is 230 cm³/mol. The maximum absolute atomic E-state index is 15.7. The minimum absolute atomic E-state index is 0.00278. The number of benzene rings is 3. The Morgan fingerprint density at radius 3 is 2.20 bits per heavy atom. The number of amides is 1. The fraction of sp³-hybridized carbons (Fsp3) is 0.440. The van der Waals surface area contributed by atoms with Crippen molar-refractivity contribution in [2.24, 2.45) is 16.7 Å². The summed E-state index contributed by atoms with van der Waals surface area (Å²) in [5.41, 5.74) is -6.50. The molecule has 0 unspecified atom stereocenters. The lowest BCUT2D eigenvalue weighted by Gasteiger charge is -2.67. The number of aliphatic hydroxyl groups is 3. The first-order chi connectivity index (χ1) is 30.8. The highest BCUT2D eigenvalue weighted by Crippen LogP contribution is 2.64. The van der Waals surface area contributed by atoms with Gasteiger partial charge in [0.2, 0.25) is 0 Å². The molecule has 3 aliphatic carbocycles. The summed E-state index contributed by atoms with van der Waals surface area (Å²) in [6.45, 7) is 6.89. The summed E-state index contributed by atoms with van der Waals surface area (Å²) in [6, 6.07) is 21.4. The molecule has 0 aromatic heterocycles. The molecule has 15 heteroatoms. The van der Waals surface area contributed by atoms with Crippen LogP contribution in [-0.4, -0.2) is 105 Å². The van der Waals surface area contributed by atoms with Crippen molar-refractivity contribution in [1.82, 2.24) is 5.32 Å². The summed E-state index contributed by atoms with van der Waals surface area (Å²) in [5, 5.41) is 40.8. The summed E-state index contributed by atoms with van der Waals surface area (Å²) < 4.78 is 31.0. The van der Waals surface area contributed by atoms with Gasteiger partial charge in [0.05, 0.1) is 35.6 Å². The van der Waals surface area contributed by atoms with Crippen LogP contribution < -0.4 is 5.32 Å². The van der Waals surface area contributed by atoms with Crippen molar-refractivity contribution in [1.29, 1.82) is 0 Å². The molecule has 6 bridgehead atoms. The number of nitrogens with one attached hydrogen (secondary N) is 1. The Morgan fingerprint density at radius 1 is 0.877 bits per heavy atom. The van der Waals surface area contributed by atoms with Gasteiger partial charge in [-0.05, 0) is 72.9 Å². The molecule has 65 heavy (non-hydrogen) atoms. The van der Waals surface area contributed by atoms with Crippen LogP contribution in [0.5, 0.6) is 0 Å². The highest BCUT2D eigenvalue weighted by atomic mass is 16.6. The van der Waals surface area contributed by atoms with Gasteiger partial charge in [0.25, 0.3) is 5.91 Å². The number of allylic oxidation sites excluding steroid dienone is 1. The molecular weight excluding hydrogens is 839 g/mol. The zero-order valence-corrected chi connectivity index (χ0v) is 36.7. The zero-order chi connectivity index (χ0) is 46.6. The molecule has 2 aliphatic heterocycles. The maximum atomic E-state index is 15.7. The Balaban J connectivity index is 1.35. The Morgan fingerprint density at radius 2 is 1.55 bits per heavy atom. The molecule has 1 amide bonds. The maximum Gasteiger partial charge on any atom is 0.338 e. The molecule has 4 N–H and O–H groups in total. The van der Waals surface area contributed by atoms with Crippen LogP contribution in [0.25, 0.3) is 6.08 Å². The molecule has 11 atom stereocenters. The number of esters is 4. The molecule has 2 heterocycles. The first kappa shape index (κ1) is 45.6. The average Bonchev–Trinajstić information content (AvgIpc) is 3.28. The van der Waals surface area contributed by atoms with Crippen LogP contribution in [0.15, 0.2) is 102 Å². The number of carbonyl (C=O) groups is 6. The Bertz CT molecular complexity index is 2470. The second-order valence-electron chi connectivity index (χ2n) is 18.4. The van der Waals surface area contributed by atoms with Crippen LogP contribution in [0.2, 0.25) is 0 Å². The number of aliphatic hydroxyl groups excluding tert-OH is 2. The fourth-order valence-corrected chi connectivity index (χ4v) is 10.8. The number of hydrogen-bond donors (Lipinski definition) is 4. The van der Waals surface area contributed by atoms with Gasteiger partial charge in [-0.15, -0.1) is 0 Å². The number of rotatable bonds is 5. The van der Waals surface area contributed by atoms with Crippen molar-refractivity contribution in [2.75, 3.05) is 6.61 Å². The molecule has 8 rings (SSSR count). The second-order valence-corrected chi connectivity index (χ2v) is 18.4. The van der Waals surface area contributed by atoms with E-state index in [1.54, 1.807) is 98.8 Å². The van der Waals surface area contributed by atoms with Gasteiger partial charge in [-0.1, -0.05) is 80.6 Å². The average molecular weight is 892 g/mol. The lowest BCUT2D eigenvalue weighted by molar-refractivity contribution is -0.346. The monoisotopic (exact) mass is 891 g/mol. The van der Waals surface area contributed by atoms with Crippen LogP contribution in [0.3, 0.4) is 0 Å². The zero-order valence-electron chi connectivity index (χ0n) is 36.7. The number of Topliss-reactive ketones (excluding diaryl/α,β-unsaturated/α-hetero) is 1. The fourth-order valence-electron chi connectivity index (χ4n) is 10.8. The second kappa shape index (κ2) is 17.1. The number of fused-ring (bicyclic) bond motifs is 4. The lowest BCUT2D eigenvalue weighted by Crippen LogP contribution is -2.82. The summed E-state index contributed by atoms with van der Waals surface area (Å²) >= 11 is 0. The van der Waals surface area contributed by atoms with Crippen molar-refractivity contribution in [3.63, 3.8) is 0 Å². The summed E-state index contributed by atoms with van der Waals surface area (Å²) in [5.74, 6) is -6.78. The van der Waals surface area contributed by atoms with Crippen LogP contribution in [0, 0.1) is 16.7 Å². The topological polar surface area (TPSA) is 221 Å². The number of carbonyl (C=O) groups excluding carboxylic acids is 6. The van der Waals surface area contributed by atoms with Gasteiger partial charge in [-0.3, -0.25) is 19.2 Å². The Hall–Kier alpha value is -6.00. The molecule has 3 fully saturated rings. The van der Waals surface area contributed by atoms with Gasteiger partial charge >= 0.3 is 23.9 Å². The lowest BCUT2D eigenvalue weighted by atomic mass is 9.44. The smallest absolute Gasteiger partial charge is 0.338 e. The summed E-state index contributed by atoms with van der Waals surface area (Å²) in [4.78, 5) is 85.5. The van der Waals surface area contributed by atoms with Crippen molar-refractivity contribution < 1.29 is 67.8 Å². The normalized spacial score (nSPS) is 34.2. The minimum atomic E-state index is -2.40. The largest absolute Gasteiger partial charge is 0.456 e. The van der Waals surface area contributed by atoms with Gasteiger partial charge in [0.1, 0.15) is 23.9 Å². The molecule has 0 radical (unpaired) electrons. The Labute approximate surface area is 375 Å². The van der Waals surface area contributed by atoms with E-state index >= 15 is 4.79 Å². The molecule has 342 valence electrons. The van der Waals surface area contributed by atoms with Gasteiger partial charge in [0, 0.05) is 37.2 Å². The summed E-state index contributed by atoms with van der Waals surface area (Å²) in [7, 11) is 0. The van der Waals surface area contributed by atoms with Crippen LogP contribution >= 0.6 is 0 Å². The number of hydrogen-bond acceptors (Lipinski definition) is 14. The molecule has 1 spiro atoms. The van der Waals surface area contributed by atoms with Gasteiger partial charge in [0.15, 0.2) is 23.6 Å². The van der Waals surface area contributed by atoms with Crippen molar-refractivity contribution in [3.8, 4) is 0 Å². The Kier molecular flexibility index (Phi) is 12.0. The highest BCUT2D eigenvalue weighted by molar-refractivity contribution is 5.96. The van der Waals surface area contributed by atoms with Crippen molar-refractivity contribution in [2.45, 2.75) is 114 Å². The van der Waals surface area contributed by atoms with E-state index in [1.807, 2.05) is 0 Å². The van der Waals surface area contributed by atoms with Gasteiger partial charge < -0.3 is 44.3 Å². The van der Waals surface area contributed by atoms with Crippen LogP contribution in [0.1, 0.15) is 98.2 Å². The third-order valence-electron chi connectivity index (χ3n) is 14.4. The SMILES string of the molecule is CC(=O)O[C@H]1C(=O)[C@@]2(C)[C@@H]3[C@H](OC(=O)c4ccccc4)[C@]4(O)C[C@H](OC(=O)[C@H](O)[C@@H](NC(=O)c5ccccc5)c5cccc(c5)C=CCCC(=O)O[C@]35CO[C@@H]5C[C@@H]2O)C(C)=C1C4(C)C. The molecule has 5 aliphatic rings. The minimum Gasteiger partial charge on any atom is -0.456 e. The third-order valence-corrected chi connectivity index (χ3v) is 14.4. The predicted octanol–water partition coefficient (Wildman–Crippen LogP) is 4.52. The van der Waals surface area contributed by atoms with E-state index in [2.05, 4.69) is 5.32 Å². The first-order valence-electron chi connectivity index (χ1n) is 21.8. The van der Waals surface area contributed by atoms with E-state index in [1.165, 1.54) is 26.0 Å². The van der Waals surface area contributed by atoms with Crippen molar-refractivity contribution in [3.05, 3.63) is 124 Å². The molecular formula is C50H53NO14. The molecule has 1 saturated heterocycles. The van der Waals surface area contributed by atoms with Crippen molar-refractivity contribution >= 4 is 41.6 Å². The van der Waals surface area contributed by atoms with Gasteiger partial charge in [-0.2, -0.15) is 0 Å². The molecule has 2 saturated carbocycles. The van der Waals surface area contributed by atoms with E-state index in [0.717, 1.165) is 6.92 Å². The van der Waals surface area contributed by atoms with E-state index in [9.17, 15) is 39.3 Å². The quantitative estimate of drug-likeness (QED) is 0.157. The van der Waals surface area contributed by atoms with E-state index in [4.69, 9.17) is 23.7 Å². The number of ketones is 1. The van der Waals surface area contributed by atoms with E-state index in [0.29, 0.717) is 11.1 Å². The van der Waals surface area contributed by atoms with Crippen LogP contribution in [0.4, 0.5) is 0 Å². The van der Waals surface area contributed by atoms with E-state index < -0.39 is 113 Å².